The number of hydrogen-bond donors (Lipinski definition) is 1. The molecule has 0 aliphatic heterocycles. The minimum Gasteiger partial charge on any atom is -0.326 e. The van der Waals surface area contributed by atoms with E-state index in [9.17, 15) is 9.59 Å². The Kier molecular flexibility index (Phi) is 8.99. The summed E-state index contributed by atoms with van der Waals surface area (Å²) in [4.78, 5) is 29.0. The summed E-state index contributed by atoms with van der Waals surface area (Å²) in [6.45, 7) is 2.70. The van der Waals surface area contributed by atoms with Crippen LogP contribution in [0.2, 0.25) is 0 Å². The summed E-state index contributed by atoms with van der Waals surface area (Å²) < 4.78 is 2.03. The molecule has 1 N–H and O–H groups in total. The van der Waals surface area contributed by atoms with Gasteiger partial charge in [0.15, 0.2) is 16.8 Å². The molecule has 4 aromatic rings. The number of nitrogens with one attached hydrogen (secondary N) is 1. The van der Waals surface area contributed by atoms with E-state index in [4.69, 9.17) is 0 Å². The van der Waals surface area contributed by atoms with Crippen molar-refractivity contribution < 1.29 is 9.59 Å². The van der Waals surface area contributed by atoms with Gasteiger partial charge in [-0.2, -0.15) is 0 Å². The minimum absolute atomic E-state index is 0.000774. The number of unbranched alkanes of at least 4 members (excludes halogenated alkanes) is 2. The molecule has 36 heavy (non-hydrogen) atoms. The molecule has 0 bridgehead atoms. The second-order valence-electron chi connectivity index (χ2n) is 8.41. The van der Waals surface area contributed by atoms with Gasteiger partial charge in [0.2, 0.25) is 5.91 Å². The third-order valence-electron chi connectivity index (χ3n) is 5.67. The molecule has 2 heterocycles. The Morgan fingerprint density at radius 3 is 2.39 bits per heavy atom. The molecule has 0 saturated carbocycles. The molecule has 0 spiro atoms. The van der Waals surface area contributed by atoms with Crippen LogP contribution in [0.25, 0.3) is 11.4 Å². The number of carbonyl (C=O) groups excluding carboxylic acids is 2. The van der Waals surface area contributed by atoms with Gasteiger partial charge in [-0.05, 0) is 48.4 Å². The lowest BCUT2D eigenvalue weighted by atomic mass is 10.1. The third-order valence-corrected chi connectivity index (χ3v) is 6.64. The standard InChI is InChI=1S/C28H29N5O2S/c1-2-3-5-10-26(35)30-24-13-11-22(12-14-24)25(34)20-36-28-32-31-27(23-15-17-29-18-16-23)33(28)19-21-8-6-4-7-9-21/h4,6-9,11-18H,2-3,5,10,19-20H2,1H3,(H,30,35). The molecule has 0 radical (unpaired) electrons. The molecule has 0 aliphatic carbocycles. The highest BCUT2D eigenvalue weighted by Gasteiger charge is 2.17. The molecule has 0 atom stereocenters. The fraction of sp³-hybridized carbons (Fsp3) is 0.250. The Bertz CT molecular complexity index is 1270. The van der Waals surface area contributed by atoms with Gasteiger partial charge < -0.3 is 5.32 Å². The SMILES string of the molecule is CCCCCC(=O)Nc1ccc(C(=O)CSc2nnc(-c3ccncc3)n2Cc2ccccc2)cc1. The van der Waals surface area contributed by atoms with Crippen molar-refractivity contribution >= 4 is 29.1 Å². The highest BCUT2D eigenvalue weighted by molar-refractivity contribution is 7.99. The van der Waals surface area contributed by atoms with Gasteiger partial charge in [-0.25, -0.2) is 0 Å². The number of carbonyl (C=O) groups is 2. The lowest BCUT2D eigenvalue weighted by Crippen LogP contribution is -2.11. The number of Topliss-reactive ketones (excluding diaryl/α,β-unsaturated/α-hetero) is 1. The molecule has 2 aromatic carbocycles. The Morgan fingerprint density at radius 2 is 1.67 bits per heavy atom. The van der Waals surface area contributed by atoms with Crippen molar-refractivity contribution in [2.24, 2.45) is 0 Å². The predicted octanol–water partition coefficient (Wildman–Crippen LogP) is 5.88. The molecule has 0 saturated heterocycles. The summed E-state index contributed by atoms with van der Waals surface area (Å²) in [6, 6.07) is 20.9. The van der Waals surface area contributed by atoms with Gasteiger partial charge in [-0.3, -0.25) is 19.1 Å². The Balaban J connectivity index is 1.43. The van der Waals surface area contributed by atoms with Crippen LogP contribution in [0.15, 0.2) is 84.3 Å². The maximum atomic E-state index is 12.9. The second-order valence-corrected chi connectivity index (χ2v) is 9.35. The Labute approximate surface area is 215 Å². The van der Waals surface area contributed by atoms with Crippen molar-refractivity contribution in [2.75, 3.05) is 11.1 Å². The quantitative estimate of drug-likeness (QED) is 0.149. The van der Waals surface area contributed by atoms with Gasteiger partial charge in [0.05, 0.1) is 12.3 Å². The van der Waals surface area contributed by atoms with Crippen LogP contribution in [-0.4, -0.2) is 37.2 Å². The maximum absolute atomic E-state index is 12.9. The zero-order valence-corrected chi connectivity index (χ0v) is 21.1. The van der Waals surface area contributed by atoms with Crippen LogP contribution in [-0.2, 0) is 11.3 Å². The summed E-state index contributed by atoms with van der Waals surface area (Å²) in [5.74, 6) is 0.947. The molecule has 0 fully saturated rings. The van der Waals surface area contributed by atoms with Crippen LogP contribution in [0.1, 0.15) is 48.5 Å². The summed E-state index contributed by atoms with van der Waals surface area (Å²) in [7, 11) is 0. The number of ketones is 1. The van der Waals surface area contributed by atoms with E-state index in [1.165, 1.54) is 11.8 Å². The van der Waals surface area contributed by atoms with Crippen molar-refractivity contribution in [1.82, 2.24) is 19.7 Å². The summed E-state index contributed by atoms with van der Waals surface area (Å²) in [5, 5.41) is 12.4. The zero-order chi connectivity index (χ0) is 25.2. The number of pyridine rings is 1. The predicted molar refractivity (Wildman–Crippen MR) is 143 cm³/mol. The fourth-order valence-corrected chi connectivity index (χ4v) is 4.56. The number of thioether (sulfide) groups is 1. The number of anilines is 1. The molecule has 1 amide bonds. The zero-order valence-electron chi connectivity index (χ0n) is 20.3. The number of nitrogens with zero attached hydrogens (tertiary/aromatic N) is 4. The third kappa shape index (κ3) is 6.88. The van der Waals surface area contributed by atoms with Crippen LogP contribution in [0, 0.1) is 0 Å². The second kappa shape index (κ2) is 12.8. The van der Waals surface area contributed by atoms with Crippen molar-refractivity contribution in [3.05, 3.63) is 90.3 Å². The van der Waals surface area contributed by atoms with E-state index in [-0.39, 0.29) is 17.4 Å². The van der Waals surface area contributed by atoms with Crippen molar-refractivity contribution in [3.63, 3.8) is 0 Å². The molecule has 184 valence electrons. The fourth-order valence-electron chi connectivity index (χ4n) is 3.73. The molecule has 7 nitrogen and oxygen atoms in total. The van der Waals surface area contributed by atoms with Crippen LogP contribution in [0.3, 0.4) is 0 Å². The lowest BCUT2D eigenvalue weighted by Gasteiger charge is -2.10. The molecule has 2 aromatic heterocycles. The van der Waals surface area contributed by atoms with Crippen LogP contribution >= 0.6 is 11.8 Å². The molecule has 4 rings (SSSR count). The highest BCUT2D eigenvalue weighted by atomic mass is 32.2. The van der Waals surface area contributed by atoms with E-state index < -0.39 is 0 Å². The topological polar surface area (TPSA) is 89.8 Å². The van der Waals surface area contributed by atoms with E-state index in [0.29, 0.717) is 29.4 Å². The maximum Gasteiger partial charge on any atom is 0.224 e. The van der Waals surface area contributed by atoms with Crippen LogP contribution < -0.4 is 5.32 Å². The van der Waals surface area contributed by atoms with E-state index in [1.807, 2.05) is 34.9 Å². The van der Waals surface area contributed by atoms with E-state index in [2.05, 4.69) is 39.6 Å². The van der Waals surface area contributed by atoms with E-state index in [1.54, 1.807) is 36.7 Å². The molecule has 8 heteroatoms. The normalized spacial score (nSPS) is 10.8. The van der Waals surface area contributed by atoms with Crippen LogP contribution in [0.5, 0.6) is 0 Å². The number of hydrogen-bond acceptors (Lipinski definition) is 6. The highest BCUT2D eigenvalue weighted by Crippen LogP contribution is 2.26. The largest absolute Gasteiger partial charge is 0.326 e. The number of amides is 1. The first-order valence-corrected chi connectivity index (χ1v) is 13.1. The first-order valence-electron chi connectivity index (χ1n) is 12.1. The summed E-state index contributed by atoms with van der Waals surface area (Å²) in [5.41, 5.74) is 3.33. The Hall–Kier alpha value is -3.78. The van der Waals surface area contributed by atoms with Gasteiger partial charge in [0.1, 0.15) is 0 Å². The first-order chi connectivity index (χ1) is 17.6. The van der Waals surface area contributed by atoms with Crippen molar-refractivity contribution in [1.29, 1.82) is 0 Å². The average molecular weight is 500 g/mol. The molecular weight excluding hydrogens is 470 g/mol. The van der Waals surface area contributed by atoms with Gasteiger partial charge in [-0.1, -0.05) is 61.9 Å². The monoisotopic (exact) mass is 499 g/mol. The summed E-state index contributed by atoms with van der Waals surface area (Å²) in [6.07, 6.45) is 6.97. The van der Waals surface area contributed by atoms with Gasteiger partial charge in [-0.15, -0.1) is 10.2 Å². The molecular formula is C28H29N5O2S. The van der Waals surface area contributed by atoms with Crippen molar-refractivity contribution in [2.45, 2.75) is 44.3 Å². The van der Waals surface area contributed by atoms with E-state index >= 15 is 0 Å². The average Bonchev–Trinajstić information content (AvgIpc) is 3.31. The summed E-state index contributed by atoms with van der Waals surface area (Å²) >= 11 is 1.37. The van der Waals surface area contributed by atoms with Crippen LogP contribution in [0.4, 0.5) is 5.69 Å². The van der Waals surface area contributed by atoms with Gasteiger partial charge in [0, 0.05) is 35.6 Å². The van der Waals surface area contributed by atoms with Crippen molar-refractivity contribution in [3.8, 4) is 11.4 Å². The Morgan fingerprint density at radius 1 is 0.917 bits per heavy atom. The lowest BCUT2D eigenvalue weighted by molar-refractivity contribution is -0.116. The van der Waals surface area contributed by atoms with Gasteiger partial charge >= 0.3 is 0 Å². The smallest absolute Gasteiger partial charge is 0.224 e. The molecule has 0 aliphatic rings. The molecule has 0 unspecified atom stereocenters. The minimum atomic E-state index is -0.0134. The number of rotatable bonds is 12. The van der Waals surface area contributed by atoms with E-state index in [0.717, 1.165) is 36.2 Å². The first kappa shape index (κ1) is 25.3. The number of benzene rings is 2. The number of aromatic nitrogens is 4. The van der Waals surface area contributed by atoms with Gasteiger partial charge in [0.25, 0.3) is 0 Å².